The fraction of sp³-hybridized carbons (Fsp3) is 0.655. The highest BCUT2D eigenvalue weighted by molar-refractivity contribution is 5.66. The van der Waals surface area contributed by atoms with Crippen molar-refractivity contribution in [3.63, 3.8) is 0 Å². The molecule has 2 fully saturated rings. The third-order valence-electron chi connectivity index (χ3n) is 8.46. The molecule has 6 atom stereocenters. The van der Waals surface area contributed by atoms with E-state index in [1.807, 2.05) is 19.4 Å². The Morgan fingerprint density at radius 2 is 1.88 bits per heavy atom. The van der Waals surface area contributed by atoms with Crippen LogP contribution in [0.3, 0.4) is 0 Å². The highest BCUT2D eigenvalue weighted by Gasteiger charge is 2.53. The Morgan fingerprint density at radius 3 is 2.56 bits per heavy atom. The van der Waals surface area contributed by atoms with Gasteiger partial charge in [0.25, 0.3) is 0 Å². The van der Waals surface area contributed by atoms with Crippen molar-refractivity contribution in [2.24, 2.45) is 23.7 Å². The standard InChI is InChI=1S/C29H42NO4/c1-20-16-27-26(11-10-22(3)29(27,32)17-28(20)34-23(4)31)21(2)18-30-14-12-25(13-15-30)33-19-24-8-6-5-7-9-24/h5-9,16-17,21-22,25-28,32H,10-15,18-19H2,1-4H3/t21?,22-,26+,27-,28-,29-/m1/s1. The Balaban J connectivity index is 1.33. The van der Waals surface area contributed by atoms with Crippen LogP contribution in [0.1, 0.15) is 58.9 Å². The number of fused-ring (bicyclic) bond motifs is 1. The molecule has 0 spiro atoms. The SMILES string of the molecule is CC(=O)O[C@@H]1[CH][C@@]2(O)[C@H](C)CC[C@@H](C(C)CN3CCC(OCc4ccccc4)CC3)[C@H]2C=C1C. The molecule has 3 aliphatic rings. The molecular weight excluding hydrogens is 426 g/mol. The number of hydrogen-bond donors (Lipinski definition) is 1. The summed E-state index contributed by atoms with van der Waals surface area (Å²) in [5, 5.41) is 11.8. The third kappa shape index (κ3) is 5.75. The molecule has 1 unspecified atom stereocenters. The monoisotopic (exact) mass is 468 g/mol. The first kappa shape index (κ1) is 25.4. The first-order chi connectivity index (χ1) is 16.3. The number of benzene rings is 1. The Labute approximate surface area is 205 Å². The normalized spacial score (nSPS) is 33.6. The molecule has 1 saturated carbocycles. The van der Waals surface area contributed by atoms with Crippen molar-refractivity contribution in [1.82, 2.24) is 4.90 Å². The predicted octanol–water partition coefficient (Wildman–Crippen LogP) is 4.79. The summed E-state index contributed by atoms with van der Waals surface area (Å²) in [5.74, 6) is 0.817. The summed E-state index contributed by atoms with van der Waals surface area (Å²) < 4.78 is 11.7. The summed E-state index contributed by atoms with van der Waals surface area (Å²) in [5.41, 5.74) is 1.35. The number of carbonyl (C=O) groups is 1. The number of aliphatic hydroxyl groups is 1. The van der Waals surface area contributed by atoms with Crippen LogP contribution >= 0.6 is 0 Å². The lowest BCUT2D eigenvalue weighted by Gasteiger charge is -2.53. The van der Waals surface area contributed by atoms with E-state index in [9.17, 15) is 9.90 Å². The van der Waals surface area contributed by atoms with Crippen LogP contribution in [-0.2, 0) is 20.9 Å². The minimum absolute atomic E-state index is 0.0739. The van der Waals surface area contributed by atoms with Gasteiger partial charge >= 0.3 is 5.97 Å². The quantitative estimate of drug-likeness (QED) is 0.460. The van der Waals surface area contributed by atoms with Gasteiger partial charge in [0.05, 0.1) is 18.3 Å². The highest BCUT2D eigenvalue weighted by atomic mass is 16.5. The second-order valence-electron chi connectivity index (χ2n) is 10.9. The van der Waals surface area contributed by atoms with Gasteiger partial charge in [-0.15, -0.1) is 0 Å². The third-order valence-corrected chi connectivity index (χ3v) is 8.46. The molecule has 0 amide bonds. The van der Waals surface area contributed by atoms with Crippen LogP contribution in [0.4, 0.5) is 0 Å². The van der Waals surface area contributed by atoms with Crippen LogP contribution in [0.5, 0.6) is 0 Å². The zero-order valence-electron chi connectivity index (χ0n) is 21.3. The van der Waals surface area contributed by atoms with Gasteiger partial charge in [0.1, 0.15) is 6.10 Å². The van der Waals surface area contributed by atoms with E-state index in [0.29, 0.717) is 24.5 Å². The predicted molar refractivity (Wildman–Crippen MR) is 134 cm³/mol. The van der Waals surface area contributed by atoms with E-state index in [4.69, 9.17) is 9.47 Å². The largest absolute Gasteiger partial charge is 0.458 e. The van der Waals surface area contributed by atoms with Crippen molar-refractivity contribution < 1.29 is 19.4 Å². The summed E-state index contributed by atoms with van der Waals surface area (Å²) in [6.07, 6.45) is 8.29. The molecule has 1 aliphatic heterocycles. The van der Waals surface area contributed by atoms with Crippen molar-refractivity contribution in [2.75, 3.05) is 19.6 Å². The number of likely N-dealkylation sites (tertiary alicyclic amines) is 1. The van der Waals surface area contributed by atoms with Gasteiger partial charge in [0.15, 0.2) is 0 Å². The van der Waals surface area contributed by atoms with Crippen LogP contribution in [0.15, 0.2) is 42.0 Å². The number of rotatable bonds is 7. The van der Waals surface area contributed by atoms with E-state index < -0.39 is 11.7 Å². The minimum Gasteiger partial charge on any atom is -0.458 e. The van der Waals surface area contributed by atoms with Crippen LogP contribution in [0.25, 0.3) is 0 Å². The van der Waals surface area contributed by atoms with Crippen molar-refractivity contribution in [3.05, 3.63) is 54.0 Å². The maximum atomic E-state index is 11.8. The molecule has 2 aliphatic carbocycles. The molecule has 1 heterocycles. The number of piperidine rings is 1. The maximum absolute atomic E-state index is 11.8. The first-order valence-corrected chi connectivity index (χ1v) is 13.1. The summed E-state index contributed by atoms with van der Waals surface area (Å²) in [6, 6.07) is 10.4. The lowest BCUT2D eigenvalue weighted by atomic mass is 9.57. The summed E-state index contributed by atoms with van der Waals surface area (Å²) in [6.45, 7) is 11.8. The average Bonchev–Trinajstić information content (AvgIpc) is 2.81. The summed E-state index contributed by atoms with van der Waals surface area (Å²) >= 11 is 0. The maximum Gasteiger partial charge on any atom is 0.303 e. The van der Waals surface area contributed by atoms with Crippen LogP contribution < -0.4 is 0 Å². The molecule has 1 N–H and O–H groups in total. The molecule has 1 radical (unpaired) electrons. The van der Waals surface area contributed by atoms with Crippen molar-refractivity contribution in [1.29, 1.82) is 0 Å². The Kier molecular flexibility index (Phi) is 8.16. The zero-order chi connectivity index (χ0) is 24.3. The van der Waals surface area contributed by atoms with Gasteiger partial charge in [-0.3, -0.25) is 4.79 Å². The molecule has 4 rings (SSSR count). The van der Waals surface area contributed by atoms with Crippen LogP contribution in [0.2, 0.25) is 0 Å². The van der Waals surface area contributed by atoms with Gasteiger partial charge in [-0.2, -0.15) is 0 Å². The zero-order valence-corrected chi connectivity index (χ0v) is 21.3. The fourth-order valence-electron chi connectivity index (χ4n) is 6.34. The van der Waals surface area contributed by atoms with Gasteiger partial charge in [-0.25, -0.2) is 0 Å². The molecular formula is C29H42NO4. The minimum atomic E-state index is -0.922. The summed E-state index contributed by atoms with van der Waals surface area (Å²) in [7, 11) is 0. The van der Waals surface area contributed by atoms with E-state index in [-0.39, 0.29) is 17.8 Å². The average molecular weight is 469 g/mol. The second kappa shape index (κ2) is 10.9. The number of carbonyl (C=O) groups excluding carboxylic acids is 1. The van der Waals surface area contributed by atoms with Crippen molar-refractivity contribution in [2.45, 2.75) is 77.8 Å². The Morgan fingerprint density at radius 1 is 1.18 bits per heavy atom. The molecule has 5 nitrogen and oxygen atoms in total. The lowest BCUT2D eigenvalue weighted by Crippen LogP contribution is -2.56. The van der Waals surface area contributed by atoms with Gasteiger partial charge in [0.2, 0.25) is 0 Å². The fourth-order valence-corrected chi connectivity index (χ4v) is 6.34. The molecule has 0 aromatic heterocycles. The van der Waals surface area contributed by atoms with Crippen LogP contribution in [0, 0.1) is 30.1 Å². The molecule has 5 heteroatoms. The second-order valence-corrected chi connectivity index (χ2v) is 10.9. The summed E-state index contributed by atoms with van der Waals surface area (Å²) in [4.78, 5) is 14.1. The molecule has 34 heavy (non-hydrogen) atoms. The van der Waals surface area contributed by atoms with Crippen molar-refractivity contribution >= 4 is 5.97 Å². The van der Waals surface area contributed by atoms with E-state index in [1.54, 1.807) is 0 Å². The van der Waals surface area contributed by atoms with Gasteiger partial charge in [0, 0.05) is 38.9 Å². The van der Waals surface area contributed by atoms with Gasteiger partial charge < -0.3 is 19.5 Å². The number of ether oxygens (including phenoxy) is 2. The highest BCUT2D eigenvalue weighted by Crippen LogP contribution is 2.50. The van der Waals surface area contributed by atoms with Gasteiger partial charge in [-0.1, -0.05) is 50.3 Å². The molecule has 0 bridgehead atoms. The molecule has 1 saturated heterocycles. The van der Waals surface area contributed by atoms with E-state index >= 15 is 0 Å². The van der Waals surface area contributed by atoms with E-state index in [1.165, 1.54) is 12.5 Å². The molecule has 1 aromatic carbocycles. The first-order valence-electron chi connectivity index (χ1n) is 13.1. The van der Waals surface area contributed by atoms with E-state index in [2.05, 4.69) is 49.1 Å². The number of nitrogens with zero attached hydrogens (tertiary/aromatic N) is 1. The molecule has 187 valence electrons. The number of esters is 1. The van der Waals surface area contributed by atoms with Gasteiger partial charge in [-0.05, 0) is 61.5 Å². The Hall–Kier alpha value is -1.69. The lowest BCUT2D eigenvalue weighted by molar-refractivity contribution is -0.148. The molecule has 1 aromatic rings. The van der Waals surface area contributed by atoms with Crippen molar-refractivity contribution in [3.8, 4) is 0 Å². The van der Waals surface area contributed by atoms with Crippen LogP contribution in [-0.4, -0.2) is 53.4 Å². The smallest absolute Gasteiger partial charge is 0.303 e. The number of hydrogen-bond acceptors (Lipinski definition) is 5. The van der Waals surface area contributed by atoms with E-state index in [0.717, 1.165) is 50.9 Å². The Bertz CT molecular complexity index is 847. The topological polar surface area (TPSA) is 59.0 Å².